The highest BCUT2D eigenvalue weighted by atomic mass is 35.5. The number of imide groups is 1. The Kier molecular flexibility index (Phi) is 5.63. The van der Waals surface area contributed by atoms with Crippen LogP contribution in [0.1, 0.15) is 19.8 Å². The van der Waals surface area contributed by atoms with Gasteiger partial charge in [0.1, 0.15) is 17.5 Å². The summed E-state index contributed by atoms with van der Waals surface area (Å²) in [6.45, 7) is 1.69. The predicted octanol–water partition coefficient (Wildman–Crippen LogP) is 3.92. The van der Waals surface area contributed by atoms with E-state index in [1.807, 2.05) is 12.1 Å². The summed E-state index contributed by atoms with van der Waals surface area (Å²) in [5, 5.41) is 8.62. The topological polar surface area (TPSA) is 79.5 Å². The zero-order valence-corrected chi connectivity index (χ0v) is 15.0. The van der Waals surface area contributed by atoms with Crippen LogP contribution >= 0.6 is 11.6 Å². The molecule has 3 rings (SSSR count). The van der Waals surface area contributed by atoms with E-state index in [9.17, 15) is 9.59 Å². The molecular weight excluding hydrogens is 354 g/mol. The first kappa shape index (κ1) is 18.1. The lowest BCUT2D eigenvalue weighted by atomic mass is 10.2. The number of ether oxygens (including phenoxy) is 1. The molecule has 1 saturated carbocycles. The third-order valence-electron chi connectivity index (χ3n) is 3.84. The maximum absolute atomic E-state index is 12.0. The van der Waals surface area contributed by atoms with Crippen molar-refractivity contribution in [1.82, 2.24) is 10.6 Å². The molecule has 6 nitrogen and oxygen atoms in total. The highest BCUT2D eigenvalue weighted by molar-refractivity contribution is 6.32. The molecule has 1 fully saturated rings. The first-order valence-corrected chi connectivity index (χ1v) is 8.79. The molecule has 1 aliphatic carbocycles. The molecule has 0 bridgehead atoms. The lowest BCUT2D eigenvalue weighted by Crippen LogP contribution is -2.46. The van der Waals surface area contributed by atoms with Gasteiger partial charge in [-0.15, -0.1) is 0 Å². The van der Waals surface area contributed by atoms with E-state index in [-0.39, 0.29) is 11.9 Å². The van der Waals surface area contributed by atoms with E-state index in [1.54, 1.807) is 43.3 Å². The Morgan fingerprint density at radius 3 is 2.46 bits per heavy atom. The van der Waals surface area contributed by atoms with Crippen LogP contribution in [0.15, 0.2) is 48.5 Å². The van der Waals surface area contributed by atoms with Gasteiger partial charge >= 0.3 is 6.03 Å². The number of anilines is 1. The van der Waals surface area contributed by atoms with Crippen LogP contribution in [-0.4, -0.2) is 24.0 Å². The quantitative estimate of drug-likeness (QED) is 0.717. The van der Waals surface area contributed by atoms with Crippen LogP contribution in [0.5, 0.6) is 11.5 Å². The van der Waals surface area contributed by atoms with Gasteiger partial charge in [0.15, 0.2) is 0 Å². The summed E-state index contributed by atoms with van der Waals surface area (Å²) in [5.74, 6) is 0.813. The molecule has 3 N–H and O–H groups in total. The van der Waals surface area contributed by atoms with Gasteiger partial charge in [0.25, 0.3) is 0 Å². The van der Waals surface area contributed by atoms with Crippen LogP contribution in [0.25, 0.3) is 0 Å². The average molecular weight is 374 g/mol. The summed E-state index contributed by atoms with van der Waals surface area (Å²) in [6, 6.07) is 13.5. The monoisotopic (exact) mass is 373 g/mol. The first-order chi connectivity index (χ1) is 12.5. The average Bonchev–Trinajstić information content (AvgIpc) is 3.42. The molecule has 0 radical (unpaired) electrons. The molecule has 0 saturated heterocycles. The number of urea groups is 1. The minimum absolute atomic E-state index is 0.205. The molecule has 136 valence electrons. The number of nitrogens with one attached hydrogen (secondary N) is 3. The van der Waals surface area contributed by atoms with Crippen molar-refractivity contribution in [3.63, 3.8) is 0 Å². The number of halogens is 1. The van der Waals surface area contributed by atoms with E-state index in [2.05, 4.69) is 16.0 Å². The van der Waals surface area contributed by atoms with Crippen LogP contribution in [-0.2, 0) is 4.79 Å². The predicted molar refractivity (Wildman–Crippen MR) is 101 cm³/mol. The first-order valence-electron chi connectivity index (χ1n) is 8.41. The van der Waals surface area contributed by atoms with E-state index in [1.165, 1.54) is 0 Å². The summed E-state index contributed by atoms with van der Waals surface area (Å²) in [7, 11) is 0. The fourth-order valence-electron chi connectivity index (χ4n) is 2.26. The highest BCUT2D eigenvalue weighted by Crippen LogP contribution is 2.29. The molecule has 2 aromatic carbocycles. The zero-order valence-electron chi connectivity index (χ0n) is 14.3. The van der Waals surface area contributed by atoms with Crippen LogP contribution in [0, 0.1) is 0 Å². The second-order valence-corrected chi connectivity index (χ2v) is 6.57. The van der Waals surface area contributed by atoms with E-state index in [4.69, 9.17) is 16.3 Å². The van der Waals surface area contributed by atoms with Crippen LogP contribution in [0.2, 0.25) is 5.02 Å². The van der Waals surface area contributed by atoms with Gasteiger partial charge in [0.2, 0.25) is 5.91 Å². The SMILES string of the molecule is CC(Nc1ccc(Oc2ccccc2Cl)cc1)C(=O)NC(=O)NC1CC1. The van der Waals surface area contributed by atoms with Crippen LogP contribution in [0.3, 0.4) is 0 Å². The molecule has 0 heterocycles. The van der Waals surface area contributed by atoms with E-state index < -0.39 is 12.1 Å². The number of hydrogen-bond donors (Lipinski definition) is 3. The lowest BCUT2D eigenvalue weighted by Gasteiger charge is -2.15. The highest BCUT2D eigenvalue weighted by Gasteiger charge is 2.24. The van der Waals surface area contributed by atoms with Gasteiger partial charge in [-0.25, -0.2) is 4.79 Å². The number of hydrogen-bond acceptors (Lipinski definition) is 4. The summed E-state index contributed by atoms with van der Waals surface area (Å²) >= 11 is 6.07. The zero-order chi connectivity index (χ0) is 18.5. The molecule has 1 aliphatic rings. The molecule has 0 aliphatic heterocycles. The summed E-state index contributed by atoms with van der Waals surface area (Å²) in [6.07, 6.45) is 1.94. The van der Waals surface area contributed by atoms with Gasteiger partial charge in [-0.05, 0) is 56.2 Å². The third kappa shape index (κ3) is 5.13. The number of amides is 3. The Hall–Kier alpha value is -2.73. The Morgan fingerprint density at radius 2 is 1.81 bits per heavy atom. The lowest BCUT2D eigenvalue weighted by molar-refractivity contribution is -0.120. The fourth-order valence-corrected chi connectivity index (χ4v) is 2.43. The van der Waals surface area contributed by atoms with Gasteiger partial charge in [0.05, 0.1) is 5.02 Å². The standard InChI is InChI=1S/C19H20ClN3O3/c1-12(18(24)23-19(25)22-14-6-7-14)21-13-8-10-15(11-9-13)26-17-5-3-2-4-16(17)20/h2-5,8-12,14,21H,6-7H2,1H3,(H2,22,23,24,25). The molecular formula is C19H20ClN3O3. The molecule has 3 amide bonds. The second-order valence-electron chi connectivity index (χ2n) is 6.16. The molecule has 1 unspecified atom stereocenters. The minimum atomic E-state index is -0.560. The largest absolute Gasteiger partial charge is 0.456 e. The van der Waals surface area contributed by atoms with Crippen molar-refractivity contribution in [3.05, 3.63) is 53.6 Å². The molecule has 0 aromatic heterocycles. The summed E-state index contributed by atoms with van der Waals surface area (Å²) in [4.78, 5) is 23.6. The van der Waals surface area contributed by atoms with Crippen LogP contribution in [0.4, 0.5) is 10.5 Å². The van der Waals surface area contributed by atoms with Crippen molar-refractivity contribution in [2.24, 2.45) is 0 Å². The number of benzene rings is 2. The van der Waals surface area contributed by atoms with Gasteiger partial charge in [-0.2, -0.15) is 0 Å². The van der Waals surface area contributed by atoms with Crippen molar-refractivity contribution in [2.75, 3.05) is 5.32 Å². The normalized spacial score (nSPS) is 14.2. The molecule has 1 atom stereocenters. The van der Waals surface area contributed by atoms with Crippen molar-refractivity contribution >= 4 is 29.2 Å². The Labute approximate surface area is 156 Å². The van der Waals surface area contributed by atoms with Gasteiger partial charge in [-0.3, -0.25) is 10.1 Å². The molecule has 26 heavy (non-hydrogen) atoms. The smallest absolute Gasteiger partial charge is 0.321 e. The minimum Gasteiger partial charge on any atom is -0.456 e. The Bertz CT molecular complexity index is 791. The van der Waals surface area contributed by atoms with Gasteiger partial charge < -0.3 is 15.4 Å². The Morgan fingerprint density at radius 1 is 1.12 bits per heavy atom. The van der Waals surface area contributed by atoms with Crippen molar-refractivity contribution in [1.29, 1.82) is 0 Å². The molecule has 7 heteroatoms. The number of carbonyl (C=O) groups excluding carboxylic acids is 2. The second kappa shape index (κ2) is 8.10. The fraction of sp³-hybridized carbons (Fsp3) is 0.263. The van der Waals surface area contributed by atoms with Crippen molar-refractivity contribution in [2.45, 2.75) is 31.8 Å². The van der Waals surface area contributed by atoms with Crippen molar-refractivity contribution in [3.8, 4) is 11.5 Å². The van der Waals surface area contributed by atoms with E-state index in [0.29, 0.717) is 16.5 Å². The number of rotatable bonds is 6. The van der Waals surface area contributed by atoms with Gasteiger partial charge in [0, 0.05) is 11.7 Å². The number of carbonyl (C=O) groups is 2. The number of para-hydroxylation sites is 1. The van der Waals surface area contributed by atoms with Crippen molar-refractivity contribution < 1.29 is 14.3 Å². The molecule has 2 aromatic rings. The maximum Gasteiger partial charge on any atom is 0.321 e. The van der Waals surface area contributed by atoms with Gasteiger partial charge in [-0.1, -0.05) is 23.7 Å². The van der Waals surface area contributed by atoms with E-state index in [0.717, 1.165) is 18.5 Å². The molecule has 0 spiro atoms. The third-order valence-corrected chi connectivity index (χ3v) is 4.16. The summed E-state index contributed by atoms with van der Waals surface area (Å²) < 4.78 is 5.72. The maximum atomic E-state index is 12.0. The summed E-state index contributed by atoms with van der Waals surface area (Å²) in [5.41, 5.74) is 0.738. The van der Waals surface area contributed by atoms with E-state index >= 15 is 0 Å². The van der Waals surface area contributed by atoms with Crippen LogP contribution < -0.4 is 20.7 Å². The Balaban J connectivity index is 1.52.